The highest BCUT2D eigenvalue weighted by atomic mass is 15.4. The van der Waals surface area contributed by atoms with E-state index in [4.69, 9.17) is 5.73 Å². The lowest BCUT2D eigenvalue weighted by atomic mass is 10.3. The van der Waals surface area contributed by atoms with Crippen LogP contribution >= 0.6 is 0 Å². The lowest BCUT2D eigenvalue weighted by Gasteiger charge is -2.33. The zero-order valence-corrected chi connectivity index (χ0v) is 9.48. The van der Waals surface area contributed by atoms with E-state index in [1.165, 1.54) is 0 Å². The van der Waals surface area contributed by atoms with Gasteiger partial charge in [-0.3, -0.25) is 0 Å². The summed E-state index contributed by atoms with van der Waals surface area (Å²) in [4.78, 5) is 9.02. The number of likely N-dealkylation sites (N-methyl/N-ethyl adjacent to an activating group) is 1. The molecule has 1 aromatic rings. The van der Waals surface area contributed by atoms with E-state index < -0.39 is 0 Å². The molecule has 0 radical (unpaired) electrons. The molecule has 0 bridgehead atoms. The van der Waals surface area contributed by atoms with Gasteiger partial charge in [-0.1, -0.05) is 0 Å². The SMILES string of the molecule is CCn1cc(N)nc1N1CCN(C)CC1. The Morgan fingerprint density at radius 2 is 2.00 bits per heavy atom. The number of hydrogen-bond acceptors (Lipinski definition) is 4. The van der Waals surface area contributed by atoms with Crippen molar-refractivity contribution < 1.29 is 0 Å². The van der Waals surface area contributed by atoms with Crippen molar-refractivity contribution >= 4 is 11.8 Å². The summed E-state index contributed by atoms with van der Waals surface area (Å²) in [5, 5.41) is 0. The van der Waals surface area contributed by atoms with Crippen LogP contribution in [0.2, 0.25) is 0 Å². The van der Waals surface area contributed by atoms with Crippen LogP contribution in [0.1, 0.15) is 6.92 Å². The van der Waals surface area contributed by atoms with Gasteiger partial charge >= 0.3 is 0 Å². The first-order chi connectivity index (χ1) is 7.20. The van der Waals surface area contributed by atoms with E-state index in [2.05, 4.69) is 33.3 Å². The molecule has 1 saturated heterocycles. The summed E-state index contributed by atoms with van der Waals surface area (Å²) in [6.45, 7) is 7.29. The highest BCUT2D eigenvalue weighted by Crippen LogP contribution is 2.17. The van der Waals surface area contributed by atoms with E-state index in [-0.39, 0.29) is 0 Å². The van der Waals surface area contributed by atoms with E-state index >= 15 is 0 Å². The second kappa shape index (κ2) is 4.10. The summed E-state index contributed by atoms with van der Waals surface area (Å²) in [5.74, 6) is 1.63. The van der Waals surface area contributed by atoms with Gasteiger partial charge in [0.15, 0.2) is 0 Å². The van der Waals surface area contributed by atoms with Gasteiger partial charge in [0.1, 0.15) is 5.82 Å². The molecule has 5 nitrogen and oxygen atoms in total. The number of hydrogen-bond donors (Lipinski definition) is 1. The Balaban J connectivity index is 2.14. The van der Waals surface area contributed by atoms with Crippen LogP contribution in [0.15, 0.2) is 6.20 Å². The van der Waals surface area contributed by atoms with E-state index in [1.807, 2.05) is 6.20 Å². The Kier molecular flexibility index (Phi) is 2.81. The van der Waals surface area contributed by atoms with Gasteiger partial charge in [-0.05, 0) is 14.0 Å². The van der Waals surface area contributed by atoms with Gasteiger partial charge in [-0.25, -0.2) is 0 Å². The molecule has 15 heavy (non-hydrogen) atoms. The molecule has 0 spiro atoms. The molecule has 0 aromatic carbocycles. The average molecular weight is 209 g/mol. The summed E-state index contributed by atoms with van der Waals surface area (Å²) < 4.78 is 2.11. The first-order valence-corrected chi connectivity index (χ1v) is 5.47. The van der Waals surface area contributed by atoms with Crippen molar-refractivity contribution in [3.63, 3.8) is 0 Å². The van der Waals surface area contributed by atoms with Crippen LogP contribution in [-0.4, -0.2) is 47.7 Å². The van der Waals surface area contributed by atoms with Gasteiger partial charge in [0.05, 0.1) is 0 Å². The molecule has 2 rings (SSSR count). The quantitative estimate of drug-likeness (QED) is 0.758. The second-order valence-electron chi connectivity index (χ2n) is 4.04. The number of aryl methyl sites for hydroxylation is 1. The van der Waals surface area contributed by atoms with Crippen LogP contribution in [0, 0.1) is 0 Å². The fourth-order valence-electron chi connectivity index (χ4n) is 1.92. The molecule has 1 aromatic heterocycles. The molecular weight excluding hydrogens is 190 g/mol. The molecule has 0 saturated carbocycles. The van der Waals surface area contributed by atoms with Crippen molar-refractivity contribution in [2.45, 2.75) is 13.5 Å². The molecule has 2 N–H and O–H groups in total. The van der Waals surface area contributed by atoms with Crippen molar-refractivity contribution in [3.8, 4) is 0 Å². The topological polar surface area (TPSA) is 50.3 Å². The molecule has 1 fully saturated rings. The minimum atomic E-state index is 0.616. The summed E-state index contributed by atoms with van der Waals surface area (Å²) >= 11 is 0. The predicted octanol–water partition coefficient (Wildman–Crippen LogP) is 0.237. The first-order valence-electron chi connectivity index (χ1n) is 5.47. The van der Waals surface area contributed by atoms with Crippen LogP contribution in [0.5, 0.6) is 0 Å². The molecule has 84 valence electrons. The molecule has 0 amide bonds. The number of aromatic nitrogens is 2. The number of rotatable bonds is 2. The Labute approximate surface area is 90.5 Å². The fraction of sp³-hybridized carbons (Fsp3) is 0.700. The van der Waals surface area contributed by atoms with Crippen molar-refractivity contribution in [2.24, 2.45) is 0 Å². The number of piperazine rings is 1. The van der Waals surface area contributed by atoms with E-state index in [9.17, 15) is 0 Å². The lowest BCUT2D eigenvalue weighted by Crippen LogP contribution is -2.45. The van der Waals surface area contributed by atoms with Crippen LogP contribution < -0.4 is 10.6 Å². The normalized spacial score (nSPS) is 18.4. The summed E-state index contributed by atoms with van der Waals surface area (Å²) in [6, 6.07) is 0. The van der Waals surface area contributed by atoms with Gasteiger partial charge in [-0.15, -0.1) is 0 Å². The minimum absolute atomic E-state index is 0.616. The highest BCUT2D eigenvalue weighted by Gasteiger charge is 2.18. The average Bonchev–Trinajstić information content (AvgIpc) is 2.61. The Morgan fingerprint density at radius 3 is 2.60 bits per heavy atom. The Bertz CT molecular complexity index is 325. The lowest BCUT2D eigenvalue weighted by molar-refractivity contribution is 0.310. The molecular formula is C10H19N5. The second-order valence-corrected chi connectivity index (χ2v) is 4.04. The van der Waals surface area contributed by atoms with Crippen LogP contribution in [0.3, 0.4) is 0 Å². The van der Waals surface area contributed by atoms with E-state index in [0.717, 1.165) is 38.7 Å². The maximum absolute atomic E-state index is 5.72. The number of nitrogens with two attached hydrogens (primary N) is 1. The summed E-state index contributed by atoms with van der Waals surface area (Å²) in [6.07, 6.45) is 1.91. The van der Waals surface area contributed by atoms with Gasteiger partial charge in [0.25, 0.3) is 0 Å². The third-order valence-electron chi connectivity index (χ3n) is 2.90. The number of anilines is 2. The standard InChI is InChI=1S/C10H19N5/c1-3-14-8-9(11)12-10(14)15-6-4-13(2)5-7-15/h8H,3-7,11H2,1-2H3. The van der Waals surface area contributed by atoms with Gasteiger partial charge in [0, 0.05) is 38.9 Å². The van der Waals surface area contributed by atoms with Gasteiger partial charge in [-0.2, -0.15) is 4.98 Å². The minimum Gasteiger partial charge on any atom is -0.382 e. The fourth-order valence-corrected chi connectivity index (χ4v) is 1.92. The van der Waals surface area contributed by atoms with E-state index in [0.29, 0.717) is 5.82 Å². The monoisotopic (exact) mass is 209 g/mol. The number of imidazole rings is 1. The maximum Gasteiger partial charge on any atom is 0.207 e. The van der Waals surface area contributed by atoms with Crippen molar-refractivity contribution in [2.75, 3.05) is 43.9 Å². The number of nitrogen functional groups attached to an aromatic ring is 1. The third kappa shape index (κ3) is 2.07. The highest BCUT2D eigenvalue weighted by molar-refractivity contribution is 5.41. The van der Waals surface area contributed by atoms with Gasteiger partial charge < -0.3 is 20.1 Å². The van der Waals surface area contributed by atoms with Crippen molar-refractivity contribution in [1.29, 1.82) is 0 Å². The molecule has 0 atom stereocenters. The zero-order chi connectivity index (χ0) is 10.8. The van der Waals surface area contributed by atoms with Crippen LogP contribution in [-0.2, 0) is 6.54 Å². The first kappa shape index (κ1) is 10.3. The summed E-state index contributed by atoms with van der Waals surface area (Å²) in [5.41, 5.74) is 5.72. The molecule has 5 heteroatoms. The van der Waals surface area contributed by atoms with Crippen LogP contribution in [0.4, 0.5) is 11.8 Å². The van der Waals surface area contributed by atoms with Crippen molar-refractivity contribution in [1.82, 2.24) is 14.5 Å². The molecule has 1 aliphatic heterocycles. The van der Waals surface area contributed by atoms with Gasteiger partial charge in [0.2, 0.25) is 5.95 Å². The molecule has 0 aliphatic carbocycles. The van der Waals surface area contributed by atoms with Crippen LogP contribution in [0.25, 0.3) is 0 Å². The molecule has 2 heterocycles. The maximum atomic E-state index is 5.72. The molecule has 0 unspecified atom stereocenters. The molecule has 1 aliphatic rings. The number of nitrogens with zero attached hydrogens (tertiary/aromatic N) is 4. The largest absolute Gasteiger partial charge is 0.382 e. The van der Waals surface area contributed by atoms with Crippen molar-refractivity contribution in [3.05, 3.63) is 6.20 Å². The van der Waals surface area contributed by atoms with E-state index in [1.54, 1.807) is 0 Å². The summed E-state index contributed by atoms with van der Waals surface area (Å²) in [7, 11) is 2.15. The Morgan fingerprint density at radius 1 is 1.33 bits per heavy atom. The third-order valence-corrected chi connectivity index (χ3v) is 2.90. The predicted molar refractivity (Wildman–Crippen MR) is 62.0 cm³/mol. The smallest absolute Gasteiger partial charge is 0.207 e. The zero-order valence-electron chi connectivity index (χ0n) is 9.48. The Hall–Kier alpha value is -1.23.